The Morgan fingerprint density at radius 2 is 2.00 bits per heavy atom. The molecule has 2 rings (SSSR count). The molecule has 4 heteroatoms. The fourth-order valence-corrected chi connectivity index (χ4v) is 1.91. The zero-order valence-electron chi connectivity index (χ0n) is 8.76. The highest BCUT2D eigenvalue weighted by Crippen LogP contribution is 2.31. The largest absolute Gasteiger partial charge is 0.490 e. The molecule has 0 unspecified atom stereocenters. The normalized spacial score (nSPS) is 20.1. The molecular weight excluding hydrogens is 217 g/mol. The van der Waals surface area contributed by atoms with Crippen LogP contribution >= 0.6 is 0 Å². The smallest absolute Gasteiger partial charge is 0.389 e. The molecule has 0 bridgehead atoms. The van der Waals surface area contributed by atoms with Crippen LogP contribution in [0.25, 0.3) is 0 Å². The maximum atomic E-state index is 12.1. The topological polar surface area (TPSA) is 9.23 Å². The number of para-hydroxylation sites is 1. The number of halogens is 3. The molecular formula is C12H13F3O. The maximum Gasteiger partial charge on any atom is 0.389 e. The van der Waals surface area contributed by atoms with Crippen LogP contribution in [0.1, 0.15) is 24.8 Å². The second kappa shape index (κ2) is 4.36. The van der Waals surface area contributed by atoms with E-state index in [9.17, 15) is 13.2 Å². The molecule has 1 aromatic carbocycles. The highest BCUT2D eigenvalue weighted by molar-refractivity contribution is 5.35. The second-order valence-electron chi connectivity index (χ2n) is 4.04. The highest BCUT2D eigenvalue weighted by atomic mass is 19.4. The van der Waals surface area contributed by atoms with E-state index in [2.05, 4.69) is 0 Å². The molecule has 0 saturated carbocycles. The van der Waals surface area contributed by atoms with Crippen molar-refractivity contribution in [2.24, 2.45) is 0 Å². The minimum absolute atomic E-state index is 0.0534. The first kappa shape index (κ1) is 11.3. The molecule has 1 heterocycles. The highest BCUT2D eigenvalue weighted by Gasteiger charge is 2.30. The van der Waals surface area contributed by atoms with Crippen molar-refractivity contribution in [2.75, 3.05) is 0 Å². The van der Waals surface area contributed by atoms with E-state index >= 15 is 0 Å². The monoisotopic (exact) mass is 230 g/mol. The number of aryl methyl sites for hydroxylation is 1. The molecule has 0 aliphatic carbocycles. The van der Waals surface area contributed by atoms with Gasteiger partial charge in [0.05, 0.1) is 6.10 Å². The van der Waals surface area contributed by atoms with Crippen LogP contribution in [-0.2, 0) is 6.42 Å². The van der Waals surface area contributed by atoms with Crippen molar-refractivity contribution in [1.29, 1.82) is 0 Å². The first-order valence-corrected chi connectivity index (χ1v) is 5.36. The predicted molar refractivity (Wildman–Crippen MR) is 54.5 cm³/mol. The van der Waals surface area contributed by atoms with Crippen molar-refractivity contribution < 1.29 is 17.9 Å². The summed E-state index contributed by atoms with van der Waals surface area (Å²) in [5.41, 5.74) is 1.09. The van der Waals surface area contributed by atoms with Crippen molar-refractivity contribution in [2.45, 2.75) is 38.0 Å². The van der Waals surface area contributed by atoms with Crippen molar-refractivity contribution in [1.82, 2.24) is 0 Å². The summed E-state index contributed by atoms with van der Waals surface area (Å²) in [5.74, 6) is 0.737. The standard InChI is InChI=1S/C12H13F3O/c13-12(14,15)8-7-10-6-5-9-3-1-2-4-11(9)16-10/h1-4,10H,5-8H2/t10-/m0/s1. The molecule has 0 saturated heterocycles. The van der Waals surface area contributed by atoms with E-state index in [0.29, 0.717) is 6.42 Å². The van der Waals surface area contributed by atoms with E-state index in [1.54, 1.807) is 0 Å². The van der Waals surface area contributed by atoms with Gasteiger partial charge in [0.25, 0.3) is 0 Å². The Kier molecular flexibility index (Phi) is 3.08. The Labute approximate surface area is 92.2 Å². The molecule has 0 spiro atoms. The Balaban J connectivity index is 1.93. The molecule has 0 fully saturated rings. The number of alkyl halides is 3. The predicted octanol–water partition coefficient (Wildman–Crippen LogP) is 3.72. The molecule has 1 aromatic rings. The summed E-state index contributed by atoms with van der Waals surface area (Å²) >= 11 is 0. The number of hydrogen-bond donors (Lipinski definition) is 0. The SMILES string of the molecule is FC(F)(F)CC[C@@H]1CCc2ccccc2O1. The summed E-state index contributed by atoms with van der Waals surface area (Å²) in [6, 6.07) is 7.52. The fraction of sp³-hybridized carbons (Fsp3) is 0.500. The van der Waals surface area contributed by atoms with Gasteiger partial charge in [-0.1, -0.05) is 18.2 Å². The van der Waals surface area contributed by atoms with Gasteiger partial charge in [0, 0.05) is 6.42 Å². The minimum atomic E-state index is -4.08. The number of rotatable bonds is 2. The average Bonchev–Trinajstić information content (AvgIpc) is 2.25. The first-order chi connectivity index (χ1) is 7.54. The third kappa shape index (κ3) is 2.90. The summed E-state index contributed by atoms with van der Waals surface area (Å²) in [6.45, 7) is 0. The molecule has 1 nitrogen and oxygen atoms in total. The molecule has 0 N–H and O–H groups in total. The van der Waals surface area contributed by atoms with Crippen molar-refractivity contribution in [3.63, 3.8) is 0 Å². The quantitative estimate of drug-likeness (QED) is 0.752. The van der Waals surface area contributed by atoms with Crippen LogP contribution in [-0.4, -0.2) is 12.3 Å². The number of hydrogen-bond acceptors (Lipinski definition) is 1. The first-order valence-electron chi connectivity index (χ1n) is 5.36. The van der Waals surface area contributed by atoms with Crippen LogP contribution in [0.15, 0.2) is 24.3 Å². The molecule has 16 heavy (non-hydrogen) atoms. The molecule has 1 atom stereocenters. The van der Waals surface area contributed by atoms with Crippen LogP contribution in [0.2, 0.25) is 0 Å². The van der Waals surface area contributed by atoms with Crippen LogP contribution in [0.4, 0.5) is 13.2 Å². The summed E-state index contributed by atoms with van der Waals surface area (Å²) in [7, 11) is 0. The number of fused-ring (bicyclic) bond motifs is 1. The lowest BCUT2D eigenvalue weighted by atomic mass is 9.99. The van der Waals surface area contributed by atoms with Crippen LogP contribution < -0.4 is 4.74 Å². The van der Waals surface area contributed by atoms with Gasteiger partial charge in [0.15, 0.2) is 0 Å². The lowest BCUT2D eigenvalue weighted by Crippen LogP contribution is -2.24. The Hall–Kier alpha value is -1.19. The van der Waals surface area contributed by atoms with E-state index in [0.717, 1.165) is 17.7 Å². The van der Waals surface area contributed by atoms with Gasteiger partial charge in [-0.2, -0.15) is 13.2 Å². The van der Waals surface area contributed by atoms with Crippen LogP contribution in [0.3, 0.4) is 0 Å². The maximum absolute atomic E-state index is 12.1. The van der Waals surface area contributed by atoms with E-state index in [-0.39, 0.29) is 12.5 Å². The summed E-state index contributed by atoms with van der Waals surface area (Å²) in [4.78, 5) is 0. The molecule has 1 aliphatic heterocycles. The van der Waals surface area contributed by atoms with Crippen molar-refractivity contribution in [3.8, 4) is 5.75 Å². The number of benzene rings is 1. The average molecular weight is 230 g/mol. The van der Waals surface area contributed by atoms with Crippen molar-refractivity contribution in [3.05, 3.63) is 29.8 Å². The third-order valence-corrected chi connectivity index (χ3v) is 2.75. The second-order valence-corrected chi connectivity index (χ2v) is 4.04. The molecule has 0 radical (unpaired) electrons. The minimum Gasteiger partial charge on any atom is -0.490 e. The van der Waals surface area contributed by atoms with Crippen LogP contribution in [0, 0.1) is 0 Å². The van der Waals surface area contributed by atoms with E-state index < -0.39 is 12.6 Å². The fourth-order valence-electron chi connectivity index (χ4n) is 1.91. The van der Waals surface area contributed by atoms with Gasteiger partial charge < -0.3 is 4.74 Å². The van der Waals surface area contributed by atoms with Gasteiger partial charge in [-0.15, -0.1) is 0 Å². The van der Waals surface area contributed by atoms with Gasteiger partial charge in [0.2, 0.25) is 0 Å². The van der Waals surface area contributed by atoms with Gasteiger partial charge >= 0.3 is 6.18 Å². The van der Waals surface area contributed by atoms with Gasteiger partial charge in [-0.05, 0) is 30.9 Å². The number of ether oxygens (including phenoxy) is 1. The van der Waals surface area contributed by atoms with E-state index in [1.165, 1.54) is 0 Å². The van der Waals surface area contributed by atoms with E-state index in [4.69, 9.17) is 4.74 Å². The Morgan fingerprint density at radius 3 is 2.75 bits per heavy atom. The van der Waals surface area contributed by atoms with Gasteiger partial charge in [-0.3, -0.25) is 0 Å². The molecule has 1 aliphatic rings. The Morgan fingerprint density at radius 1 is 1.25 bits per heavy atom. The Bertz CT molecular complexity index is 360. The van der Waals surface area contributed by atoms with Gasteiger partial charge in [-0.25, -0.2) is 0 Å². The third-order valence-electron chi connectivity index (χ3n) is 2.75. The molecule has 88 valence electrons. The summed E-state index contributed by atoms with van der Waals surface area (Å²) < 4.78 is 41.7. The lowest BCUT2D eigenvalue weighted by molar-refractivity contribution is -0.139. The summed E-state index contributed by atoms with van der Waals surface area (Å²) in [6.07, 6.45) is -3.61. The zero-order valence-corrected chi connectivity index (χ0v) is 8.76. The zero-order chi connectivity index (χ0) is 11.6. The van der Waals surface area contributed by atoms with Crippen LogP contribution in [0.5, 0.6) is 5.75 Å². The lowest BCUT2D eigenvalue weighted by Gasteiger charge is -2.26. The van der Waals surface area contributed by atoms with E-state index in [1.807, 2.05) is 24.3 Å². The molecule has 0 aromatic heterocycles. The summed E-state index contributed by atoms with van der Waals surface area (Å²) in [5, 5.41) is 0. The molecule has 0 amide bonds. The van der Waals surface area contributed by atoms with Crippen molar-refractivity contribution >= 4 is 0 Å². The van der Waals surface area contributed by atoms with Gasteiger partial charge in [0.1, 0.15) is 5.75 Å².